The predicted molar refractivity (Wildman–Crippen MR) is 57.8 cm³/mol. The van der Waals surface area contributed by atoms with Crippen LogP contribution < -0.4 is 10.1 Å². The van der Waals surface area contributed by atoms with Gasteiger partial charge in [0.15, 0.2) is 0 Å². The third-order valence-corrected chi connectivity index (χ3v) is 2.86. The largest absolute Gasteiger partial charge is 0.497 e. The molecule has 76 valence electrons. The standard InChI is InChI=1S/C12H17NO/c1-14-12-6-2-4-10(8-12)11-5-3-7-13-9-11/h2,4,6,8,11,13H,3,5,7,9H2,1H3/t11-/m1/s1. The van der Waals surface area contributed by atoms with Crippen molar-refractivity contribution in [2.75, 3.05) is 20.2 Å². The number of benzene rings is 1. The summed E-state index contributed by atoms with van der Waals surface area (Å²) in [4.78, 5) is 0. The number of piperidine rings is 1. The molecule has 1 fully saturated rings. The maximum absolute atomic E-state index is 5.23. The van der Waals surface area contributed by atoms with E-state index in [2.05, 4.69) is 23.5 Å². The molecule has 1 N–H and O–H groups in total. The molecule has 0 saturated carbocycles. The molecule has 1 aliphatic rings. The van der Waals surface area contributed by atoms with Crippen molar-refractivity contribution in [1.29, 1.82) is 0 Å². The van der Waals surface area contributed by atoms with Crippen molar-refractivity contribution in [2.24, 2.45) is 0 Å². The van der Waals surface area contributed by atoms with Crippen LogP contribution in [0.2, 0.25) is 0 Å². The highest BCUT2D eigenvalue weighted by Gasteiger charge is 2.14. The van der Waals surface area contributed by atoms with E-state index in [1.807, 2.05) is 6.07 Å². The van der Waals surface area contributed by atoms with Gasteiger partial charge in [0.2, 0.25) is 0 Å². The SMILES string of the molecule is COc1cccc([C@@H]2CCCNC2)c1. The highest BCUT2D eigenvalue weighted by atomic mass is 16.5. The summed E-state index contributed by atoms with van der Waals surface area (Å²) in [6, 6.07) is 8.42. The Labute approximate surface area is 85.3 Å². The summed E-state index contributed by atoms with van der Waals surface area (Å²) < 4.78 is 5.23. The van der Waals surface area contributed by atoms with Gasteiger partial charge in [-0.2, -0.15) is 0 Å². The minimum absolute atomic E-state index is 0.666. The van der Waals surface area contributed by atoms with Gasteiger partial charge in [0, 0.05) is 6.54 Å². The van der Waals surface area contributed by atoms with E-state index in [4.69, 9.17) is 4.74 Å². The Morgan fingerprint density at radius 1 is 1.43 bits per heavy atom. The van der Waals surface area contributed by atoms with E-state index in [-0.39, 0.29) is 0 Å². The van der Waals surface area contributed by atoms with Crippen LogP contribution in [0.3, 0.4) is 0 Å². The average Bonchev–Trinajstić information content (AvgIpc) is 2.30. The van der Waals surface area contributed by atoms with E-state index in [1.54, 1.807) is 7.11 Å². The highest BCUT2D eigenvalue weighted by Crippen LogP contribution is 2.25. The first kappa shape index (κ1) is 9.53. The molecule has 0 amide bonds. The summed E-state index contributed by atoms with van der Waals surface area (Å²) in [5.74, 6) is 1.63. The van der Waals surface area contributed by atoms with Crippen LogP contribution in [0.15, 0.2) is 24.3 Å². The molecule has 0 bridgehead atoms. The molecule has 1 heterocycles. The second kappa shape index (κ2) is 4.47. The lowest BCUT2D eigenvalue weighted by atomic mass is 9.92. The van der Waals surface area contributed by atoms with Crippen LogP contribution in [0.5, 0.6) is 5.75 Å². The van der Waals surface area contributed by atoms with Crippen LogP contribution in [0.25, 0.3) is 0 Å². The van der Waals surface area contributed by atoms with Gasteiger partial charge in [-0.3, -0.25) is 0 Å². The summed E-state index contributed by atoms with van der Waals surface area (Å²) in [5.41, 5.74) is 1.40. The molecule has 1 aromatic carbocycles. The molecule has 0 unspecified atom stereocenters. The van der Waals surface area contributed by atoms with Gasteiger partial charge < -0.3 is 10.1 Å². The molecule has 0 aromatic heterocycles. The molecular weight excluding hydrogens is 174 g/mol. The van der Waals surface area contributed by atoms with E-state index < -0.39 is 0 Å². The summed E-state index contributed by atoms with van der Waals surface area (Å²) in [7, 11) is 1.72. The topological polar surface area (TPSA) is 21.3 Å². The number of hydrogen-bond acceptors (Lipinski definition) is 2. The van der Waals surface area contributed by atoms with Gasteiger partial charge in [-0.1, -0.05) is 12.1 Å². The van der Waals surface area contributed by atoms with Gasteiger partial charge in [-0.15, -0.1) is 0 Å². The third-order valence-electron chi connectivity index (χ3n) is 2.86. The van der Waals surface area contributed by atoms with Crippen molar-refractivity contribution in [1.82, 2.24) is 5.32 Å². The first-order chi connectivity index (χ1) is 6.90. The Morgan fingerprint density at radius 3 is 3.07 bits per heavy atom. The van der Waals surface area contributed by atoms with Gasteiger partial charge in [-0.05, 0) is 43.0 Å². The lowest BCUT2D eigenvalue weighted by molar-refractivity contribution is 0.411. The lowest BCUT2D eigenvalue weighted by Gasteiger charge is -2.23. The Morgan fingerprint density at radius 2 is 2.36 bits per heavy atom. The van der Waals surface area contributed by atoms with Gasteiger partial charge in [0.25, 0.3) is 0 Å². The van der Waals surface area contributed by atoms with Gasteiger partial charge >= 0.3 is 0 Å². The fourth-order valence-corrected chi connectivity index (χ4v) is 2.03. The maximum atomic E-state index is 5.23. The summed E-state index contributed by atoms with van der Waals surface area (Å²) in [6.07, 6.45) is 2.57. The van der Waals surface area contributed by atoms with E-state index in [9.17, 15) is 0 Å². The Kier molecular flexibility index (Phi) is 3.04. The molecule has 1 atom stereocenters. The number of methoxy groups -OCH3 is 1. The smallest absolute Gasteiger partial charge is 0.119 e. The van der Waals surface area contributed by atoms with Crippen molar-refractivity contribution in [3.8, 4) is 5.75 Å². The van der Waals surface area contributed by atoms with E-state index in [1.165, 1.54) is 24.9 Å². The van der Waals surface area contributed by atoms with Crippen molar-refractivity contribution >= 4 is 0 Å². The lowest BCUT2D eigenvalue weighted by Crippen LogP contribution is -2.28. The van der Waals surface area contributed by atoms with Gasteiger partial charge in [0.05, 0.1) is 7.11 Å². The monoisotopic (exact) mass is 191 g/mol. The van der Waals surface area contributed by atoms with Gasteiger partial charge in [0.1, 0.15) is 5.75 Å². The zero-order valence-corrected chi connectivity index (χ0v) is 8.62. The number of hydrogen-bond donors (Lipinski definition) is 1. The van der Waals surface area contributed by atoms with Crippen LogP contribution in [-0.2, 0) is 0 Å². The van der Waals surface area contributed by atoms with Gasteiger partial charge in [-0.25, -0.2) is 0 Å². The molecule has 1 aliphatic heterocycles. The number of nitrogens with one attached hydrogen (secondary N) is 1. The number of ether oxygens (including phenoxy) is 1. The molecular formula is C12H17NO. The van der Waals surface area contributed by atoms with Crippen LogP contribution in [0.1, 0.15) is 24.3 Å². The predicted octanol–water partition coefficient (Wildman–Crippen LogP) is 2.16. The minimum Gasteiger partial charge on any atom is -0.497 e. The molecule has 1 aromatic rings. The average molecular weight is 191 g/mol. The first-order valence-corrected chi connectivity index (χ1v) is 5.25. The fourth-order valence-electron chi connectivity index (χ4n) is 2.03. The zero-order chi connectivity index (χ0) is 9.80. The molecule has 14 heavy (non-hydrogen) atoms. The normalized spacial score (nSPS) is 21.9. The van der Waals surface area contributed by atoms with Crippen molar-refractivity contribution < 1.29 is 4.74 Å². The maximum Gasteiger partial charge on any atom is 0.119 e. The molecule has 2 heteroatoms. The van der Waals surface area contributed by atoms with E-state index >= 15 is 0 Å². The second-order valence-electron chi connectivity index (χ2n) is 3.82. The summed E-state index contributed by atoms with van der Waals surface area (Å²) in [6.45, 7) is 2.27. The molecule has 2 nitrogen and oxygen atoms in total. The zero-order valence-electron chi connectivity index (χ0n) is 8.62. The quantitative estimate of drug-likeness (QED) is 0.773. The highest BCUT2D eigenvalue weighted by molar-refractivity contribution is 5.31. The second-order valence-corrected chi connectivity index (χ2v) is 3.82. The Hall–Kier alpha value is -1.02. The van der Waals surface area contributed by atoms with Crippen LogP contribution in [0, 0.1) is 0 Å². The minimum atomic E-state index is 0.666. The molecule has 1 saturated heterocycles. The summed E-state index contributed by atoms with van der Waals surface area (Å²) in [5, 5.41) is 3.43. The Balaban J connectivity index is 2.13. The fraction of sp³-hybridized carbons (Fsp3) is 0.500. The van der Waals surface area contributed by atoms with Crippen LogP contribution >= 0.6 is 0 Å². The van der Waals surface area contributed by atoms with E-state index in [0.717, 1.165) is 12.3 Å². The first-order valence-electron chi connectivity index (χ1n) is 5.25. The van der Waals surface area contributed by atoms with Crippen molar-refractivity contribution in [3.05, 3.63) is 29.8 Å². The molecule has 2 rings (SSSR count). The summed E-state index contributed by atoms with van der Waals surface area (Å²) >= 11 is 0. The Bertz CT molecular complexity index is 292. The molecule has 0 spiro atoms. The van der Waals surface area contributed by atoms with Crippen LogP contribution in [0.4, 0.5) is 0 Å². The molecule has 0 aliphatic carbocycles. The van der Waals surface area contributed by atoms with Crippen molar-refractivity contribution in [2.45, 2.75) is 18.8 Å². The van der Waals surface area contributed by atoms with Crippen LogP contribution in [-0.4, -0.2) is 20.2 Å². The molecule has 0 radical (unpaired) electrons. The van der Waals surface area contributed by atoms with E-state index in [0.29, 0.717) is 5.92 Å². The third kappa shape index (κ3) is 2.07. The van der Waals surface area contributed by atoms with Crippen molar-refractivity contribution in [3.63, 3.8) is 0 Å². The number of rotatable bonds is 2.